The number of rotatable bonds is 2. The van der Waals surface area contributed by atoms with E-state index in [1.165, 1.54) is 0 Å². The predicted octanol–water partition coefficient (Wildman–Crippen LogP) is 6.10. The number of nitrogens with zero attached hydrogens (tertiary/aromatic N) is 1. The van der Waals surface area contributed by atoms with Crippen LogP contribution >= 0.6 is 0 Å². The number of hydrogen-bond donors (Lipinski definition) is 0. The third-order valence-corrected chi connectivity index (χ3v) is 4.19. The average Bonchev–Trinajstić information content (AvgIpc) is 2.86. The lowest BCUT2D eigenvalue weighted by Gasteiger charge is -2.11. The Bertz CT molecular complexity index is 981. The van der Waals surface area contributed by atoms with Crippen LogP contribution in [0, 0.1) is 0 Å². The molecule has 0 N–H and O–H groups in total. The molecule has 24 heavy (non-hydrogen) atoms. The Labute approximate surface area is 140 Å². The van der Waals surface area contributed by atoms with E-state index in [0.29, 0.717) is 6.42 Å². The van der Waals surface area contributed by atoms with E-state index in [9.17, 15) is 4.39 Å². The summed E-state index contributed by atoms with van der Waals surface area (Å²) in [5.74, 6) is -0.122. The van der Waals surface area contributed by atoms with Crippen LogP contribution in [0.1, 0.15) is 12.0 Å². The molecular formula is C22H16FN. The lowest BCUT2D eigenvalue weighted by atomic mass is 9.94. The van der Waals surface area contributed by atoms with E-state index in [1.807, 2.05) is 42.5 Å². The van der Waals surface area contributed by atoms with Gasteiger partial charge in [0.15, 0.2) is 0 Å². The number of fused-ring (bicyclic) bond motifs is 1. The van der Waals surface area contributed by atoms with Crippen molar-refractivity contribution in [1.82, 2.24) is 4.98 Å². The van der Waals surface area contributed by atoms with E-state index in [4.69, 9.17) is 0 Å². The highest BCUT2D eigenvalue weighted by Crippen LogP contribution is 2.32. The summed E-state index contributed by atoms with van der Waals surface area (Å²) < 4.78 is 13.5. The van der Waals surface area contributed by atoms with Gasteiger partial charge in [-0.15, -0.1) is 0 Å². The zero-order valence-corrected chi connectivity index (χ0v) is 13.1. The average molecular weight is 313 g/mol. The second-order valence-corrected chi connectivity index (χ2v) is 5.80. The van der Waals surface area contributed by atoms with E-state index < -0.39 is 0 Å². The lowest BCUT2D eigenvalue weighted by Crippen LogP contribution is -1.89. The van der Waals surface area contributed by atoms with Gasteiger partial charge in [-0.25, -0.2) is 4.39 Å². The van der Waals surface area contributed by atoms with E-state index in [2.05, 4.69) is 35.3 Å². The molecule has 0 atom stereocenters. The zero-order valence-electron chi connectivity index (χ0n) is 13.1. The van der Waals surface area contributed by atoms with Gasteiger partial charge in [0.25, 0.3) is 0 Å². The zero-order chi connectivity index (χ0) is 16.4. The van der Waals surface area contributed by atoms with Gasteiger partial charge in [-0.1, -0.05) is 54.6 Å². The first-order valence-corrected chi connectivity index (χ1v) is 7.99. The van der Waals surface area contributed by atoms with Gasteiger partial charge >= 0.3 is 0 Å². The van der Waals surface area contributed by atoms with Crippen molar-refractivity contribution in [3.63, 3.8) is 0 Å². The topological polar surface area (TPSA) is 12.9 Å². The summed E-state index contributed by atoms with van der Waals surface area (Å²) in [7, 11) is 0. The van der Waals surface area contributed by atoms with Crippen molar-refractivity contribution in [3.05, 3.63) is 96.5 Å². The summed E-state index contributed by atoms with van der Waals surface area (Å²) in [5.41, 5.74) is 5.27. The molecule has 1 nitrogen and oxygen atoms in total. The molecule has 0 unspecified atom stereocenters. The van der Waals surface area contributed by atoms with Gasteiger partial charge in [0.05, 0.1) is 5.52 Å². The molecule has 2 aromatic carbocycles. The Morgan fingerprint density at radius 3 is 2.62 bits per heavy atom. The highest BCUT2D eigenvalue weighted by molar-refractivity contribution is 5.97. The second-order valence-electron chi connectivity index (χ2n) is 5.80. The number of allylic oxidation sites excluding steroid dienone is 6. The molecule has 0 radical (unpaired) electrons. The maximum absolute atomic E-state index is 13.5. The lowest BCUT2D eigenvalue weighted by molar-refractivity contribution is 0.618. The molecular weight excluding hydrogens is 297 g/mol. The van der Waals surface area contributed by atoms with Crippen LogP contribution < -0.4 is 0 Å². The molecule has 0 saturated heterocycles. The van der Waals surface area contributed by atoms with E-state index in [-0.39, 0.29) is 5.83 Å². The third kappa shape index (κ3) is 2.79. The SMILES string of the molecule is FC1=CC=C(c2cc(-c3ccccc3)cc3ncccc23)C=CC1. The third-order valence-electron chi connectivity index (χ3n) is 4.19. The summed E-state index contributed by atoms with van der Waals surface area (Å²) in [6, 6.07) is 18.5. The van der Waals surface area contributed by atoms with Crippen LogP contribution in [0.3, 0.4) is 0 Å². The maximum Gasteiger partial charge on any atom is 0.104 e. The number of benzene rings is 2. The molecule has 1 aromatic heterocycles. The van der Waals surface area contributed by atoms with Crippen LogP contribution in [0.15, 0.2) is 90.9 Å². The summed E-state index contributed by atoms with van der Waals surface area (Å²) in [5, 5.41) is 1.07. The molecule has 0 aliphatic heterocycles. The Morgan fingerprint density at radius 2 is 1.75 bits per heavy atom. The fourth-order valence-corrected chi connectivity index (χ4v) is 3.00. The number of aromatic nitrogens is 1. The van der Waals surface area contributed by atoms with E-state index >= 15 is 0 Å². The number of hydrogen-bond acceptors (Lipinski definition) is 1. The van der Waals surface area contributed by atoms with Crippen molar-refractivity contribution in [1.29, 1.82) is 0 Å². The molecule has 116 valence electrons. The Hall–Kier alpha value is -3.00. The molecule has 3 aromatic rings. The molecule has 1 heterocycles. The summed E-state index contributed by atoms with van der Waals surface area (Å²) in [6.07, 6.45) is 9.39. The summed E-state index contributed by atoms with van der Waals surface area (Å²) in [4.78, 5) is 4.52. The van der Waals surface area contributed by atoms with Gasteiger partial charge in [-0.2, -0.15) is 0 Å². The first-order chi connectivity index (χ1) is 11.8. The minimum absolute atomic E-state index is 0.122. The summed E-state index contributed by atoms with van der Waals surface area (Å²) >= 11 is 0. The highest BCUT2D eigenvalue weighted by Gasteiger charge is 2.10. The van der Waals surface area contributed by atoms with Crippen LogP contribution in [0.2, 0.25) is 0 Å². The normalized spacial score (nSPS) is 14.2. The molecule has 4 rings (SSSR count). The van der Waals surface area contributed by atoms with Crippen LogP contribution in [0.4, 0.5) is 4.39 Å². The van der Waals surface area contributed by atoms with Crippen molar-refractivity contribution in [3.8, 4) is 11.1 Å². The van der Waals surface area contributed by atoms with Crippen molar-refractivity contribution in [2.24, 2.45) is 0 Å². The minimum atomic E-state index is -0.122. The van der Waals surface area contributed by atoms with Crippen molar-refractivity contribution >= 4 is 16.5 Å². The largest absolute Gasteiger partial charge is 0.256 e. The number of pyridine rings is 1. The van der Waals surface area contributed by atoms with Crippen molar-refractivity contribution < 1.29 is 4.39 Å². The standard InChI is InChI=1S/C22H16FN/c23-19-9-4-8-17(11-12-19)21-14-18(16-6-2-1-3-7-16)15-22-20(21)10-5-13-24-22/h1-8,10-15H,9H2. The molecule has 0 amide bonds. The Morgan fingerprint density at radius 1 is 0.875 bits per heavy atom. The summed E-state index contributed by atoms with van der Waals surface area (Å²) in [6.45, 7) is 0. The minimum Gasteiger partial charge on any atom is -0.256 e. The van der Waals surface area contributed by atoms with Gasteiger partial charge in [0.2, 0.25) is 0 Å². The van der Waals surface area contributed by atoms with Crippen LogP contribution in [0.5, 0.6) is 0 Å². The van der Waals surface area contributed by atoms with Crippen molar-refractivity contribution in [2.45, 2.75) is 6.42 Å². The fraction of sp³-hybridized carbons (Fsp3) is 0.0455. The van der Waals surface area contributed by atoms with E-state index in [1.54, 1.807) is 12.3 Å². The monoisotopic (exact) mass is 313 g/mol. The fourth-order valence-electron chi connectivity index (χ4n) is 3.00. The molecule has 1 aliphatic rings. The maximum atomic E-state index is 13.5. The molecule has 2 heteroatoms. The van der Waals surface area contributed by atoms with Gasteiger partial charge in [-0.05, 0) is 46.5 Å². The molecule has 1 aliphatic carbocycles. The van der Waals surface area contributed by atoms with Crippen LogP contribution in [-0.2, 0) is 0 Å². The van der Waals surface area contributed by atoms with Gasteiger partial charge in [0, 0.05) is 18.0 Å². The van der Waals surface area contributed by atoms with Gasteiger partial charge in [-0.3, -0.25) is 4.98 Å². The smallest absolute Gasteiger partial charge is 0.104 e. The predicted molar refractivity (Wildman–Crippen MR) is 98.1 cm³/mol. The molecule has 0 fully saturated rings. The van der Waals surface area contributed by atoms with Crippen LogP contribution in [0.25, 0.3) is 27.6 Å². The van der Waals surface area contributed by atoms with Crippen molar-refractivity contribution in [2.75, 3.05) is 0 Å². The first kappa shape index (κ1) is 14.6. The Balaban J connectivity index is 1.97. The Kier molecular flexibility index (Phi) is 3.80. The van der Waals surface area contributed by atoms with Gasteiger partial charge < -0.3 is 0 Å². The van der Waals surface area contributed by atoms with Gasteiger partial charge in [0.1, 0.15) is 5.83 Å². The van der Waals surface area contributed by atoms with Crippen LogP contribution in [-0.4, -0.2) is 4.98 Å². The molecule has 0 spiro atoms. The second kappa shape index (κ2) is 6.25. The first-order valence-electron chi connectivity index (χ1n) is 7.99. The molecule has 0 saturated carbocycles. The molecule has 0 bridgehead atoms. The number of halogens is 1. The van der Waals surface area contributed by atoms with E-state index in [0.717, 1.165) is 33.2 Å². The highest BCUT2D eigenvalue weighted by atomic mass is 19.1. The quantitative estimate of drug-likeness (QED) is 0.557.